The van der Waals surface area contributed by atoms with E-state index in [1.807, 2.05) is 25.1 Å². The quantitative estimate of drug-likeness (QED) is 0.507. The number of nitrogens with one attached hydrogen (secondary N) is 2. The third-order valence-corrected chi connectivity index (χ3v) is 8.19. The van der Waals surface area contributed by atoms with Gasteiger partial charge in [-0.3, -0.25) is 4.21 Å². The van der Waals surface area contributed by atoms with E-state index in [-0.39, 0.29) is 0 Å². The highest BCUT2D eigenvalue weighted by atomic mass is 32.2. The Labute approximate surface area is 180 Å². The van der Waals surface area contributed by atoms with E-state index in [0.29, 0.717) is 17.8 Å². The Bertz CT molecular complexity index is 835. The topological polar surface area (TPSA) is 66.4 Å². The van der Waals surface area contributed by atoms with Gasteiger partial charge in [0, 0.05) is 44.8 Å². The molecule has 29 heavy (non-hydrogen) atoms. The minimum Gasteiger partial charge on any atom is -0.357 e. The largest absolute Gasteiger partial charge is 0.357 e. The van der Waals surface area contributed by atoms with Crippen LogP contribution in [0.5, 0.6) is 0 Å². The van der Waals surface area contributed by atoms with Gasteiger partial charge >= 0.3 is 0 Å². The van der Waals surface area contributed by atoms with Crippen LogP contribution < -0.4 is 10.6 Å². The van der Waals surface area contributed by atoms with Crippen LogP contribution in [0.2, 0.25) is 0 Å². The van der Waals surface area contributed by atoms with E-state index in [4.69, 9.17) is 9.98 Å². The number of aliphatic imine (C=N–C) groups is 1. The summed E-state index contributed by atoms with van der Waals surface area (Å²) >= 11 is 1.71. The fraction of sp³-hybridized carbons (Fsp3) is 0.545. The molecule has 1 aromatic heterocycles. The van der Waals surface area contributed by atoms with Crippen LogP contribution in [0.1, 0.15) is 50.1 Å². The Hall–Kier alpha value is -1.73. The molecule has 5 nitrogen and oxygen atoms in total. The molecule has 1 heterocycles. The van der Waals surface area contributed by atoms with Crippen LogP contribution in [0.4, 0.5) is 0 Å². The number of guanidine groups is 1. The smallest absolute Gasteiger partial charge is 0.191 e. The monoisotopic (exact) mass is 432 g/mol. The lowest BCUT2D eigenvalue weighted by Crippen LogP contribution is -2.46. The Morgan fingerprint density at radius 3 is 2.79 bits per heavy atom. The summed E-state index contributed by atoms with van der Waals surface area (Å²) in [6.07, 6.45) is 4.28. The van der Waals surface area contributed by atoms with Gasteiger partial charge in [-0.15, -0.1) is 11.3 Å². The maximum Gasteiger partial charge on any atom is 0.191 e. The summed E-state index contributed by atoms with van der Waals surface area (Å²) in [7, 11) is -0.712. The summed E-state index contributed by atoms with van der Waals surface area (Å²) in [5, 5.41) is 8.30. The second-order valence-electron chi connectivity index (χ2n) is 7.39. The minimum absolute atomic E-state index is 0.311. The van der Waals surface area contributed by atoms with Gasteiger partial charge in [0.15, 0.2) is 5.96 Å². The van der Waals surface area contributed by atoms with E-state index in [1.165, 1.54) is 4.88 Å². The van der Waals surface area contributed by atoms with Crippen LogP contribution >= 0.6 is 11.3 Å². The van der Waals surface area contributed by atoms with Crippen molar-refractivity contribution in [2.24, 2.45) is 4.99 Å². The molecule has 0 radical (unpaired) electrons. The molecule has 1 saturated carbocycles. The van der Waals surface area contributed by atoms with Crippen molar-refractivity contribution in [3.63, 3.8) is 0 Å². The number of hydrogen-bond acceptors (Lipinski definition) is 4. The zero-order valence-electron chi connectivity index (χ0n) is 17.6. The van der Waals surface area contributed by atoms with Gasteiger partial charge in [0.05, 0.1) is 12.2 Å². The maximum atomic E-state index is 12.2. The molecule has 0 aliphatic heterocycles. The normalized spacial score (nSPS) is 21.0. The molecule has 2 aromatic rings. The molecular weight excluding hydrogens is 400 g/mol. The first kappa shape index (κ1) is 22.0. The highest BCUT2D eigenvalue weighted by Crippen LogP contribution is 2.28. The van der Waals surface area contributed by atoms with Gasteiger partial charge in [-0.05, 0) is 33.1 Å². The standard InChI is InChI=1S/C22H32N4OS2/c1-4-23-22(26-18-12-9-13-19(14-18)29(27)5-2)24-15-20-16(3)25-21(28-20)17-10-7-6-8-11-17/h6-8,10-11,18-19H,4-5,9,12-15H2,1-3H3,(H2,23,24,26). The van der Waals surface area contributed by atoms with Crippen LogP contribution in [-0.2, 0) is 17.3 Å². The molecule has 158 valence electrons. The predicted molar refractivity (Wildman–Crippen MR) is 125 cm³/mol. The Balaban J connectivity index is 1.66. The summed E-state index contributed by atoms with van der Waals surface area (Å²) in [6.45, 7) is 7.58. The highest BCUT2D eigenvalue weighted by molar-refractivity contribution is 7.85. The lowest BCUT2D eigenvalue weighted by Gasteiger charge is -2.30. The average molecular weight is 433 g/mol. The first-order valence-corrected chi connectivity index (χ1v) is 12.7. The summed E-state index contributed by atoms with van der Waals surface area (Å²) in [5.74, 6) is 1.59. The van der Waals surface area contributed by atoms with Crippen molar-refractivity contribution in [3.8, 4) is 10.6 Å². The molecule has 1 aliphatic rings. The number of benzene rings is 1. The molecule has 0 spiro atoms. The molecule has 1 aliphatic carbocycles. The fourth-order valence-corrected chi connectivity index (χ4v) is 6.03. The second kappa shape index (κ2) is 10.9. The van der Waals surface area contributed by atoms with Crippen LogP contribution in [0.3, 0.4) is 0 Å². The number of aryl methyl sites for hydroxylation is 1. The molecule has 1 fully saturated rings. The SMILES string of the molecule is CCNC(=NCc1sc(-c2ccccc2)nc1C)NC1CCCC(S(=O)CC)C1. The second-order valence-corrected chi connectivity index (χ2v) is 10.5. The van der Waals surface area contributed by atoms with Gasteiger partial charge in [-0.25, -0.2) is 9.98 Å². The van der Waals surface area contributed by atoms with Crippen molar-refractivity contribution in [2.45, 2.75) is 64.3 Å². The molecule has 0 saturated heterocycles. The number of hydrogen-bond donors (Lipinski definition) is 2. The summed E-state index contributed by atoms with van der Waals surface area (Å²) in [4.78, 5) is 10.7. The van der Waals surface area contributed by atoms with Gasteiger partial charge < -0.3 is 10.6 Å². The first-order chi connectivity index (χ1) is 14.1. The van der Waals surface area contributed by atoms with Gasteiger partial charge in [-0.2, -0.15) is 0 Å². The first-order valence-electron chi connectivity index (χ1n) is 10.5. The molecule has 2 N–H and O–H groups in total. The lowest BCUT2D eigenvalue weighted by molar-refractivity contribution is 0.413. The summed E-state index contributed by atoms with van der Waals surface area (Å²) in [6, 6.07) is 10.6. The molecule has 7 heteroatoms. The van der Waals surface area contributed by atoms with Crippen molar-refractivity contribution in [1.29, 1.82) is 0 Å². The molecule has 0 amide bonds. The third-order valence-electron chi connectivity index (χ3n) is 5.26. The molecule has 3 rings (SSSR count). The van der Waals surface area contributed by atoms with E-state index in [2.05, 4.69) is 36.6 Å². The van der Waals surface area contributed by atoms with Crippen LogP contribution in [0, 0.1) is 6.92 Å². The fourth-order valence-electron chi connectivity index (χ4n) is 3.69. The zero-order chi connectivity index (χ0) is 20.6. The van der Waals surface area contributed by atoms with Crippen LogP contribution in [-0.4, -0.2) is 38.7 Å². The van der Waals surface area contributed by atoms with E-state index in [9.17, 15) is 4.21 Å². The summed E-state index contributed by atoms with van der Waals surface area (Å²) in [5.41, 5.74) is 2.20. The van der Waals surface area contributed by atoms with Gasteiger partial charge in [0.1, 0.15) is 5.01 Å². The number of aromatic nitrogens is 1. The minimum atomic E-state index is -0.712. The van der Waals surface area contributed by atoms with Gasteiger partial charge in [0.2, 0.25) is 0 Å². The average Bonchev–Trinajstić information content (AvgIpc) is 3.13. The van der Waals surface area contributed by atoms with Crippen LogP contribution in [0.15, 0.2) is 35.3 Å². The van der Waals surface area contributed by atoms with Crippen molar-refractivity contribution < 1.29 is 4.21 Å². The number of rotatable bonds is 7. The molecule has 3 unspecified atom stereocenters. The highest BCUT2D eigenvalue weighted by Gasteiger charge is 2.26. The van der Waals surface area contributed by atoms with Crippen LogP contribution in [0.25, 0.3) is 10.6 Å². The van der Waals surface area contributed by atoms with Crippen molar-refractivity contribution >= 4 is 28.1 Å². The van der Waals surface area contributed by atoms with Gasteiger partial charge in [0.25, 0.3) is 0 Å². The van der Waals surface area contributed by atoms with E-state index < -0.39 is 10.8 Å². The third kappa shape index (κ3) is 6.12. The Morgan fingerprint density at radius 2 is 2.07 bits per heavy atom. The predicted octanol–water partition coefficient (Wildman–Crippen LogP) is 4.25. The zero-order valence-corrected chi connectivity index (χ0v) is 19.2. The molecule has 3 atom stereocenters. The molecule has 0 bridgehead atoms. The van der Waals surface area contributed by atoms with Crippen molar-refractivity contribution in [1.82, 2.24) is 15.6 Å². The number of nitrogens with zero attached hydrogens (tertiary/aromatic N) is 2. The van der Waals surface area contributed by atoms with E-state index in [0.717, 1.165) is 60.2 Å². The van der Waals surface area contributed by atoms with Crippen molar-refractivity contribution in [2.75, 3.05) is 12.3 Å². The maximum absolute atomic E-state index is 12.2. The van der Waals surface area contributed by atoms with E-state index in [1.54, 1.807) is 11.3 Å². The van der Waals surface area contributed by atoms with Gasteiger partial charge in [-0.1, -0.05) is 43.7 Å². The number of thiazole rings is 1. The lowest BCUT2D eigenvalue weighted by atomic mass is 9.95. The Morgan fingerprint density at radius 1 is 1.28 bits per heavy atom. The molecular formula is C22H32N4OS2. The molecule has 1 aromatic carbocycles. The Kier molecular flexibility index (Phi) is 8.24. The van der Waals surface area contributed by atoms with Crippen molar-refractivity contribution in [3.05, 3.63) is 40.9 Å². The van der Waals surface area contributed by atoms with E-state index >= 15 is 0 Å². The summed E-state index contributed by atoms with van der Waals surface area (Å²) < 4.78 is 12.2.